The van der Waals surface area contributed by atoms with Crippen molar-refractivity contribution in [3.63, 3.8) is 0 Å². The minimum absolute atomic E-state index is 0.0255. The molecule has 2 rings (SSSR count). The molecule has 0 aromatic heterocycles. The van der Waals surface area contributed by atoms with Gasteiger partial charge in [0, 0.05) is 18.2 Å². The number of nitrogens with two attached hydrogens (primary N) is 1. The van der Waals surface area contributed by atoms with Gasteiger partial charge in [-0.2, -0.15) is 0 Å². The van der Waals surface area contributed by atoms with E-state index in [-0.39, 0.29) is 30.2 Å². The Balaban J connectivity index is 2.26. The summed E-state index contributed by atoms with van der Waals surface area (Å²) in [6.45, 7) is -0.138. The summed E-state index contributed by atoms with van der Waals surface area (Å²) in [6.07, 6.45) is 0. The topological polar surface area (TPSA) is 78.4 Å². The van der Waals surface area contributed by atoms with E-state index < -0.39 is 16.6 Å². The fourth-order valence-electron chi connectivity index (χ4n) is 1.77. The second-order valence-electron chi connectivity index (χ2n) is 4.26. The van der Waals surface area contributed by atoms with Crippen LogP contribution in [0.25, 0.3) is 0 Å². The third-order valence-corrected chi connectivity index (χ3v) is 2.87. The number of benzene rings is 2. The third kappa shape index (κ3) is 3.32. The first kappa shape index (κ1) is 14.9. The van der Waals surface area contributed by atoms with Crippen molar-refractivity contribution in [2.75, 3.05) is 0 Å². The Morgan fingerprint density at radius 2 is 2.00 bits per heavy atom. The Labute approximate surface area is 119 Å². The van der Waals surface area contributed by atoms with Crippen molar-refractivity contribution >= 4 is 5.69 Å². The van der Waals surface area contributed by atoms with Gasteiger partial charge in [0.25, 0.3) is 0 Å². The smallest absolute Gasteiger partial charge is 0.310 e. The molecule has 2 N–H and O–H groups in total. The van der Waals surface area contributed by atoms with Gasteiger partial charge in [0.15, 0.2) is 17.4 Å². The first-order valence-electron chi connectivity index (χ1n) is 6.06. The molecule has 0 bridgehead atoms. The molecule has 0 atom stereocenters. The number of nitro benzene ring substituents is 1. The molecule has 0 radical (unpaired) electrons. The normalized spacial score (nSPS) is 10.4. The summed E-state index contributed by atoms with van der Waals surface area (Å²) in [5.41, 5.74) is 5.81. The van der Waals surface area contributed by atoms with Crippen molar-refractivity contribution in [3.05, 3.63) is 69.3 Å². The van der Waals surface area contributed by atoms with Crippen molar-refractivity contribution in [2.24, 2.45) is 5.73 Å². The van der Waals surface area contributed by atoms with Crippen molar-refractivity contribution in [1.29, 1.82) is 0 Å². The number of hydrogen-bond acceptors (Lipinski definition) is 4. The molecule has 21 heavy (non-hydrogen) atoms. The lowest BCUT2D eigenvalue weighted by atomic mass is 10.2. The summed E-state index contributed by atoms with van der Waals surface area (Å²) in [4.78, 5) is 10.3. The van der Waals surface area contributed by atoms with Crippen molar-refractivity contribution in [2.45, 2.75) is 13.2 Å². The molecule has 0 saturated carbocycles. The molecule has 2 aromatic rings. The van der Waals surface area contributed by atoms with Crippen LogP contribution in [0.3, 0.4) is 0 Å². The predicted molar refractivity (Wildman–Crippen MR) is 71.7 cm³/mol. The summed E-state index contributed by atoms with van der Waals surface area (Å²) in [7, 11) is 0. The van der Waals surface area contributed by atoms with Gasteiger partial charge in [0.2, 0.25) is 0 Å². The Morgan fingerprint density at radius 3 is 2.67 bits per heavy atom. The van der Waals surface area contributed by atoms with Crippen LogP contribution in [0.5, 0.6) is 5.75 Å². The van der Waals surface area contributed by atoms with Crippen LogP contribution in [-0.2, 0) is 13.2 Å². The number of halogens is 2. The molecule has 5 nitrogen and oxygen atoms in total. The van der Waals surface area contributed by atoms with Crippen LogP contribution in [0.4, 0.5) is 14.5 Å². The zero-order valence-corrected chi connectivity index (χ0v) is 10.9. The van der Waals surface area contributed by atoms with Crippen LogP contribution >= 0.6 is 0 Å². The quantitative estimate of drug-likeness (QED) is 0.679. The third-order valence-electron chi connectivity index (χ3n) is 2.87. The van der Waals surface area contributed by atoms with E-state index in [1.54, 1.807) is 0 Å². The lowest BCUT2D eigenvalue weighted by Crippen LogP contribution is -2.04. The highest BCUT2D eigenvalue weighted by Gasteiger charge is 2.16. The standard InChI is InChI=1S/C14H12F2N2O3/c15-11-3-1-2-10(14(11)16)8-21-13-6-9(7-17)4-5-12(13)18(19)20/h1-6H,7-8,17H2. The molecule has 110 valence electrons. The van der Waals surface area contributed by atoms with E-state index in [4.69, 9.17) is 10.5 Å². The SMILES string of the molecule is NCc1ccc([N+](=O)[O-])c(OCc2cccc(F)c2F)c1. The Bertz CT molecular complexity index is 677. The van der Waals surface area contributed by atoms with Crippen molar-refractivity contribution in [1.82, 2.24) is 0 Å². The summed E-state index contributed by atoms with van der Waals surface area (Å²) in [5, 5.41) is 10.9. The lowest BCUT2D eigenvalue weighted by Gasteiger charge is -2.09. The van der Waals surface area contributed by atoms with E-state index in [0.717, 1.165) is 6.07 Å². The molecule has 0 fully saturated rings. The molecule has 0 aliphatic rings. The monoisotopic (exact) mass is 294 g/mol. The highest BCUT2D eigenvalue weighted by atomic mass is 19.2. The first-order chi connectivity index (χ1) is 10.0. The maximum absolute atomic E-state index is 13.5. The minimum atomic E-state index is -1.03. The van der Waals surface area contributed by atoms with E-state index >= 15 is 0 Å². The molecule has 0 saturated heterocycles. The van der Waals surface area contributed by atoms with Gasteiger partial charge in [-0.15, -0.1) is 0 Å². The Morgan fingerprint density at radius 1 is 1.24 bits per heavy atom. The fraction of sp³-hybridized carbons (Fsp3) is 0.143. The Kier molecular flexibility index (Phi) is 4.44. The summed E-state index contributed by atoms with van der Waals surface area (Å²) in [5.74, 6) is -2.07. The molecule has 0 aliphatic carbocycles. The second-order valence-corrected chi connectivity index (χ2v) is 4.26. The van der Waals surface area contributed by atoms with E-state index in [0.29, 0.717) is 5.56 Å². The fourth-order valence-corrected chi connectivity index (χ4v) is 1.77. The van der Waals surface area contributed by atoms with Gasteiger partial charge < -0.3 is 10.5 Å². The van der Waals surface area contributed by atoms with E-state index in [2.05, 4.69) is 0 Å². The van der Waals surface area contributed by atoms with Crippen LogP contribution < -0.4 is 10.5 Å². The maximum Gasteiger partial charge on any atom is 0.310 e. The second kappa shape index (κ2) is 6.27. The van der Waals surface area contributed by atoms with Gasteiger partial charge in [-0.1, -0.05) is 18.2 Å². The molecule has 0 unspecified atom stereocenters. The molecule has 2 aromatic carbocycles. The van der Waals surface area contributed by atoms with Gasteiger partial charge in [-0.3, -0.25) is 10.1 Å². The molecular formula is C14H12F2N2O3. The molecule has 0 amide bonds. The average Bonchev–Trinajstić information content (AvgIpc) is 2.48. The van der Waals surface area contributed by atoms with Crippen LogP contribution in [-0.4, -0.2) is 4.92 Å². The molecule has 0 aliphatic heterocycles. The number of rotatable bonds is 5. The minimum Gasteiger partial charge on any atom is -0.482 e. The molecule has 0 heterocycles. The first-order valence-corrected chi connectivity index (χ1v) is 6.06. The zero-order chi connectivity index (χ0) is 15.4. The number of ether oxygens (including phenoxy) is 1. The van der Waals surface area contributed by atoms with E-state index in [9.17, 15) is 18.9 Å². The van der Waals surface area contributed by atoms with Gasteiger partial charge in [0.1, 0.15) is 6.61 Å². The van der Waals surface area contributed by atoms with Gasteiger partial charge >= 0.3 is 5.69 Å². The van der Waals surface area contributed by atoms with Crippen LogP contribution in [0.1, 0.15) is 11.1 Å². The maximum atomic E-state index is 13.5. The van der Waals surface area contributed by atoms with Gasteiger partial charge in [0.05, 0.1) is 4.92 Å². The number of hydrogen-bond donors (Lipinski definition) is 1. The van der Waals surface area contributed by atoms with Crippen molar-refractivity contribution < 1.29 is 18.4 Å². The number of nitro groups is 1. The van der Waals surface area contributed by atoms with Crippen molar-refractivity contribution in [3.8, 4) is 5.75 Å². The highest BCUT2D eigenvalue weighted by molar-refractivity contribution is 5.48. The molecule has 0 spiro atoms. The van der Waals surface area contributed by atoms with E-state index in [1.165, 1.54) is 30.3 Å². The Hall–Kier alpha value is -2.54. The predicted octanol–water partition coefficient (Wildman–Crippen LogP) is 2.91. The van der Waals surface area contributed by atoms with Crippen LogP contribution in [0.15, 0.2) is 36.4 Å². The summed E-state index contributed by atoms with van der Waals surface area (Å²) >= 11 is 0. The largest absolute Gasteiger partial charge is 0.482 e. The summed E-state index contributed by atoms with van der Waals surface area (Å²) in [6, 6.07) is 7.84. The zero-order valence-electron chi connectivity index (χ0n) is 10.9. The summed E-state index contributed by atoms with van der Waals surface area (Å²) < 4.78 is 31.8. The molecular weight excluding hydrogens is 282 g/mol. The van der Waals surface area contributed by atoms with Gasteiger partial charge in [-0.05, 0) is 17.7 Å². The highest BCUT2D eigenvalue weighted by Crippen LogP contribution is 2.29. The number of nitrogens with zero attached hydrogens (tertiary/aromatic N) is 1. The lowest BCUT2D eigenvalue weighted by molar-refractivity contribution is -0.386. The average molecular weight is 294 g/mol. The molecule has 7 heteroatoms. The van der Waals surface area contributed by atoms with Crippen LogP contribution in [0.2, 0.25) is 0 Å². The van der Waals surface area contributed by atoms with Gasteiger partial charge in [-0.25, -0.2) is 8.78 Å². The van der Waals surface area contributed by atoms with E-state index in [1.807, 2.05) is 0 Å². The van der Waals surface area contributed by atoms with Crippen LogP contribution in [0, 0.1) is 21.7 Å².